The third-order valence-electron chi connectivity index (χ3n) is 6.51. The van der Waals surface area contributed by atoms with Crippen LogP contribution in [0.2, 0.25) is 0 Å². The van der Waals surface area contributed by atoms with Gasteiger partial charge in [-0.3, -0.25) is 0 Å². The monoisotopic (exact) mass is 233 g/mol. The van der Waals surface area contributed by atoms with Crippen molar-refractivity contribution in [1.82, 2.24) is 5.32 Å². The molecule has 0 spiro atoms. The van der Waals surface area contributed by atoms with Gasteiger partial charge in [0.2, 0.25) is 0 Å². The topological polar surface area (TPSA) is 12.0 Å². The van der Waals surface area contributed by atoms with Crippen LogP contribution in [-0.4, -0.2) is 12.6 Å². The van der Waals surface area contributed by atoms with Crippen LogP contribution in [-0.2, 0) is 0 Å². The molecule has 4 saturated carbocycles. The van der Waals surface area contributed by atoms with Crippen LogP contribution in [0.5, 0.6) is 0 Å². The average molecular weight is 233 g/mol. The molecule has 1 nitrogen and oxygen atoms in total. The number of rotatable bonds is 3. The van der Waals surface area contributed by atoms with Gasteiger partial charge in [0.05, 0.1) is 0 Å². The van der Waals surface area contributed by atoms with Crippen molar-refractivity contribution < 1.29 is 0 Å². The van der Waals surface area contributed by atoms with Gasteiger partial charge in [0.25, 0.3) is 0 Å². The Balaban J connectivity index is 1.25. The van der Waals surface area contributed by atoms with E-state index in [9.17, 15) is 0 Å². The van der Waals surface area contributed by atoms with Crippen molar-refractivity contribution in [2.75, 3.05) is 6.54 Å². The standard InChI is InChI=1S/C16H27N/c1-10-2-4-11(5-3-10)9-17-16-14-12-6-7-13(8-12)15(14)16/h10-17H,2-9H2,1H3. The molecule has 1 heteroatoms. The first-order valence-electron chi connectivity index (χ1n) is 8.06. The van der Waals surface area contributed by atoms with E-state index >= 15 is 0 Å². The Morgan fingerprint density at radius 2 is 1.53 bits per heavy atom. The van der Waals surface area contributed by atoms with Crippen LogP contribution in [0.25, 0.3) is 0 Å². The van der Waals surface area contributed by atoms with E-state index in [2.05, 4.69) is 12.2 Å². The van der Waals surface area contributed by atoms with Crippen LogP contribution in [0.15, 0.2) is 0 Å². The highest BCUT2D eigenvalue weighted by Gasteiger charge is 2.64. The Kier molecular flexibility index (Phi) is 2.54. The number of hydrogen-bond donors (Lipinski definition) is 1. The Hall–Kier alpha value is -0.0400. The van der Waals surface area contributed by atoms with Crippen molar-refractivity contribution in [2.24, 2.45) is 35.5 Å². The SMILES string of the molecule is CC1CCC(CNC2C3C4CCC(C4)C23)CC1. The molecule has 4 atom stereocenters. The van der Waals surface area contributed by atoms with Crippen LogP contribution in [0.1, 0.15) is 51.9 Å². The van der Waals surface area contributed by atoms with Crippen LogP contribution >= 0.6 is 0 Å². The maximum atomic E-state index is 3.94. The zero-order chi connectivity index (χ0) is 11.4. The van der Waals surface area contributed by atoms with Crippen molar-refractivity contribution in [3.8, 4) is 0 Å². The first-order chi connectivity index (χ1) is 8.33. The van der Waals surface area contributed by atoms with E-state index in [-0.39, 0.29) is 0 Å². The smallest absolute Gasteiger partial charge is 0.0136 e. The lowest BCUT2D eigenvalue weighted by Gasteiger charge is -2.26. The van der Waals surface area contributed by atoms with Gasteiger partial charge in [0, 0.05) is 6.04 Å². The van der Waals surface area contributed by atoms with Gasteiger partial charge in [-0.15, -0.1) is 0 Å². The van der Waals surface area contributed by atoms with Crippen LogP contribution in [0.3, 0.4) is 0 Å². The molecule has 4 aliphatic rings. The minimum atomic E-state index is 0.959. The molecule has 4 unspecified atom stereocenters. The second kappa shape index (κ2) is 3.98. The van der Waals surface area contributed by atoms with Gasteiger partial charge in [0.1, 0.15) is 0 Å². The van der Waals surface area contributed by atoms with Crippen LogP contribution < -0.4 is 5.32 Å². The summed E-state index contributed by atoms with van der Waals surface area (Å²) >= 11 is 0. The lowest BCUT2D eigenvalue weighted by atomic mass is 9.83. The molecule has 0 aromatic carbocycles. The normalized spacial score (nSPS) is 55.9. The van der Waals surface area contributed by atoms with Crippen LogP contribution in [0, 0.1) is 35.5 Å². The van der Waals surface area contributed by atoms with E-state index in [1.54, 1.807) is 19.3 Å². The Morgan fingerprint density at radius 1 is 0.882 bits per heavy atom. The molecule has 4 rings (SSSR count). The van der Waals surface area contributed by atoms with Crippen LogP contribution in [0.4, 0.5) is 0 Å². The molecule has 1 N–H and O–H groups in total. The van der Waals surface area contributed by atoms with Crippen molar-refractivity contribution >= 4 is 0 Å². The summed E-state index contributed by atoms with van der Waals surface area (Å²) < 4.78 is 0. The molecule has 0 aliphatic heterocycles. The third-order valence-corrected chi connectivity index (χ3v) is 6.51. The highest BCUT2D eigenvalue weighted by Crippen LogP contribution is 2.65. The minimum absolute atomic E-state index is 0.959. The second-order valence-electron chi connectivity index (χ2n) is 7.55. The number of fused-ring (bicyclic) bond motifs is 5. The van der Waals surface area contributed by atoms with Gasteiger partial charge in [-0.2, -0.15) is 0 Å². The van der Waals surface area contributed by atoms with E-state index in [1.165, 1.54) is 32.2 Å². The molecule has 0 amide bonds. The Bertz CT molecular complexity index is 276. The number of nitrogens with one attached hydrogen (secondary N) is 1. The largest absolute Gasteiger partial charge is 0.313 e. The fraction of sp³-hybridized carbons (Fsp3) is 1.00. The summed E-state index contributed by atoms with van der Waals surface area (Å²) in [6, 6.07) is 0.959. The molecule has 96 valence electrons. The summed E-state index contributed by atoms with van der Waals surface area (Å²) in [6.45, 7) is 3.76. The van der Waals surface area contributed by atoms with E-state index in [4.69, 9.17) is 0 Å². The summed E-state index contributed by atoms with van der Waals surface area (Å²) in [5.41, 5.74) is 0. The molecule has 2 bridgehead atoms. The van der Waals surface area contributed by atoms with Crippen molar-refractivity contribution in [3.05, 3.63) is 0 Å². The van der Waals surface area contributed by atoms with Gasteiger partial charge in [0.15, 0.2) is 0 Å². The molecule has 0 aromatic heterocycles. The summed E-state index contributed by atoms with van der Waals surface area (Å²) in [5.74, 6) is 6.52. The van der Waals surface area contributed by atoms with Gasteiger partial charge in [-0.25, -0.2) is 0 Å². The minimum Gasteiger partial charge on any atom is -0.313 e. The van der Waals surface area contributed by atoms with Crippen molar-refractivity contribution in [3.63, 3.8) is 0 Å². The fourth-order valence-corrected chi connectivity index (χ4v) is 5.43. The highest BCUT2D eigenvalue weighted by atomic mass is 15.0. The average Bonchev–Trinajstić information content (AvgIpc) is 2.74. The van der Waals surface area contributed by atoms with E-state index in [0.29, 0.717) is 0 Å². The zero-order valence-corrected chi connectivity index (χ0v) is 11.2. The Morgan fingerprint density at radius 3 is 2.18 bits per heavy atom. The van der Waals surface area contributed by atoms with E-state index in [0.717, 1.165) is 41.5 Å². The summed E-state index contributed by atoms with van der Waals surface area (Å²) in [5, 5.41) is 3.94. The number of hydrogen-bond acceptors (Lipinski definition) is 1. The molecule has 4 fully saturated rings. The molecule has 0 radical (unpaired) electrons. The van der Waals surface area contributed by atoms with Gasteiger partial charge in [-0.1, -0.05) is 19.8 Å². The van der Waals surface area contributed by atoms with E-state index < -0.39 is 0 Å². The van der Waals surface area contributed by atoms with E-state index in [1.807, 2.05) is 0 Å². The van der Waals surface area contributed by atoms with Crippen molar-refractivity contribution in [1.29, 1.82) is 0 Å². The molecule has 4 aliphatic carbocycles. The molecular weight excluding hydrogens is 206 g/mol. The lowest BCUT2D eigenvalue weighted by molar-refractivity contribution is 0.276. The maximum Gasteiger partial charge on any atom is 0.0136 e. The summed E-state index contributed by atoms with van der Waals surface area (Å²) in [6.07, 6.45) is 10.7. The highest BCUT2D eigenvalue weighted by molar-refractivity contribution is 5.16. The quantitative estimate of drug-likeness (QED) is 0.787. The summed E-state index contributed by atoms with van der Waals surface area (Å²) in [4.78, 5) is 0. The van der Waals surface area contributed by atoms with Gasteiger partial charge < -0.3 is 5.32 Å². The molecule has 0 aromatic rings. The van der Waals surface area contributed by atoms with Crippen molar-refractivity contribution in [2.45, 2.75) is 57.9 Å². The third kappa shape index (κ3) is 1.77. The molecule has 0 saturated heterocycles. The zero-order valence-electron chi connectivity index (χ0n) is 11.2. The fourth-order valence-electron chi connectivity index (χ4n) is 5.43. The van der Waals surface area contributed by atoms with Gasteiger partial charge in [-0.05, 0) is 74.2 Å². The first kappa shape index (κ1) is 10.8. The predicted octanol–water partition coefficient (Wildman–Crippen LogP) is 3.45. The summed E-state index contributed by atoms with van der Waals surface area (Å²) in [7, 11) is 0. The lowest BCUT2D eigenvalue weighted by Crippen LogP contribution is -2.30. The molecular formula is C16H27N. The first-order valence-corrected chi connectivity index (χ1v) is 8.06. The molecule has 17 heavy (non-hydrogen) atoms. The second-order valence-corrected chi connectivity index (χ2v) is 7.55. The Labute approximate surface area is 106 Å². The molecule has 0 heterocycles. The van der Waals surface area contributed by atoms with Gasteiger partial charge >= 0.3 is 0 Å². The maximum absolute atomic E-state index is 3.94. The predicted molar refractivity (Wildman–Crippen MR) is 70.7 cm³/mol.